The molecule has 1 N–H and O–H groups in total. The Labute approximate surface area is 112 Å². The van der Waals surface area contributed by atoms with Crippen molar-refractivity contribution < 1.29 is 18.3 Å². The predicted octanol–water partition coefficient (Wildman–Crippen LogP) is 3.26. The molecular weight excluding hydrogens is 269 g/mol. The highest BCUT2D eigenvalue weighted by molar-refractivity contribution is 5.43. The van der Waals surface area contributed by atoms with Gasteiger partial charge in [-0.05, 0) is 17.7 Å². The van der Waals surface area contributed by atoms with Crippen LogP contribution < -0.4 is 0 Å². The van der Waals surface area contributed by atoms with E-state index in [0.29, 0.717) is 11.1 Å². The molecule has 1 heterocycles. The molecule has 0 saturated heterocycles. The van der Waals surface area contributed by atoms with Gasteiger partial charge in [0.1, 0.15) is 0 Å². The molecule has 6 heteroatoms. The van der Waals surface area contributed by atoms with Crippen LogP contribution in [0.3, 0.4) is 0 Å². The maximum absolute atomic E-state index is 13.9. The Hall–Kier alpha value is -2.21. The van der Waals surface area contributed by atoms with Crippen molar-refractivity contribution in [3.8, 4) is 0 Å². The van der Waals surface area contributed by atoms with E-state index in [1.165, 1.54) is 0 Å². The van der Waals surface area contributed by atoms with Gasteiger partial charge < -0.3 is 5.11 Å². The minimum atomic E-state index is -1.54. The lowest BCUT2D eigenvalue weighted by atomic mass is 9.93. The maximum Gasteiger partial charge on any atom is 0.243 e. The second kappa shape index (κ2) is 4.42. The second-order valence-corrected chi connectivity index (χ2v) is 4.45. The molecule has 2 aromatic carbocycles. The van der Waals surface area contributed by atoms with E-state index in [0.717, 1.165) is 12.1 Å². The summed E-state index contributed by atoms with van der Waals surface area (Å²) in [6, 6.07) is 8.49. The number of hydrogen-bond acceptors (Lipinski definition) is 3. The molecule has 0 unspecified atom stereocenters. The van der Waals surface area contributed by atoms with Gasteiger partial charge in [0, 0.05) is 11.1 Å². The summed E-state index contributed by atoms with van der Waals surface area (Å²) in [5.41, 5.74) is -0.241. The molecule has 0 amide bonds. The van der Waals surface area contributed by atoms with E-state index in [-0.39, 0.29) is 12.2 Å². The third kappa shape index (κ3) is 1.80. The molecule has 0 bridgehead atoms. The molecule has 0 aliphatic carbocycles. The molecule has 0 radical (unpaired) electrons. The lowest BCUT2D eigenvalue weighted by Crippen LogP contribution is -2.14. The smallest absolute Gasteiger partial charge is 0.243 e. The second-order valence-electron chi connectivity index (χ2n) is 4.45. The molecule has 3 rings (SSSR count). The van der Waals surface area contributed by atoms with Crippen LogP contribution in [0.1, 0.15) is 16.7 Å². The Morgan fingerprint density at radius 1 is 0.900 bits per heavy atom. The van der Waals surface area contributed by atoms with Gasteiger partial charge in [-0.2, -0.15) is 0 Å². The number of hydrogen-bond donors (Lipinski definition) is 1. The lowest BCUT2D eigenvalue weighted by Gasteiger charge is -2.13. The van der Waals surface area contributed by atoms with Crippen LogP contribution in [0.5, 0.6) is 0 Å². The fourth-order valence-electron chi connectivity index (χ4n) is 2.07. The fraction of sp³-hybridized carbons (Fsp3) is 0.143. The number of aliphatic hydroxyl groups is 1. The van der Waals surface area contributed by atoms with E-state index in [4.69, 9.17) is 5.11 Å². The normalized spacial score (nSPS) is 15.4. The summed E-state index contributed by atoms with van der Waals surface area (Å²) < 4.78 is 40.1. The molecule has 102 valence electrons. The van der Waals surface area contributed by atoms with Crippen molar-refractivity contribution in [1.82, 2.24) is 0 Å². The SMILES string of the molecule is OCc1ccc(C2(c3ccc(F)c(F)c3F)N=N2)cc1. The van der Waals surface area contributed by atoms with Gasteiger partial charge >= 0.3 is 0 Å². The van der Waals surface area contributed by atoms with Gasteiger partial charge in [-0.3, -0.25) is 0 Å². The minimum Gasteiger partial charge on any atom is -0.392 e. The van der Waals surface area contributed by atoms with Crippen LogP contribution >= 0.6 is 0 Å². The predicted molar refractivity (Wildman–Crippen MR) is 64.3 cm³/mol. The zero-order valence-electron chi connectivity index (χ0n) is 10.1. The molecule has 2 aromatic rings. The van der Waals surface area contributed by atoms with Crippen molar-refractivity contribution in [2.24, 2.45) is 10.2 Å². The van der Waals surface area contributed by atoms with Crippen molar-refractivity contribution in [2.75, 3.05) is 0 Å². The molecule has 1 aliphatic rings. The maximum atomic E-state index is 13.9. The third-order valence-corrected chi connectivity index (χ3v) is 3.25. The first-order valence-electron chi connectivity index (χ1n) is 5.87. The largest absolute Gasteiger partial charge is 0.392 e. The van der Waals surface area contributed by atoms with Crippen molar-refractivity contribution in [1.29, 1.82) is 0 Å². The molecule has 0 aromatic heterocycles. The Balaban J connectivity index is 2.06. The Morgan fingerprint density at radius 3 is 2.10 bits per heavy atom. The first-order valence-corrected chi connectivity index (χ1v) is 5.87. The topological polar surface area (TPSA) is 45.0 Å². The van der Waals surface area contributed by atoms with E-state index in [1.54, 1.807) is 24.3 Å². The lowest BCUT2D eigenvalue weighted by molar-refractivity contribution is 0.282. The zero-order chi connectivity index (χ0) is 14.3. The molecule has 20 heavy (non-hydrogen) atoms. The summed E-state index contributed by atoms with van der Waals surface area (Å²) in [5, 5.41) is 16.6. The number of aliphatic hydroxyl groups excluding tert-OH is 1. The van der Waals surface area contributed by atoms with Gasteiger partial charge in [-0.15, -0.1) is 10.2 Å². The standard InChI is InChI=1S/C14H9F3N2O/c15-11-6-5-10(12(16)13(11)17)14(18-19-14)9-3-1-8(7-20)2-4-9/h1-6,20H,7H2. The summed E-state index contributed by atoms with van der Waals surface area (Å²) in [6.45, 7) is -0.124. The third-order valence-electron chi connectivity index (χ3n) is 3.25. The average Bonchev–Trinajstić information content (AvgIpc) is 3.26. The molecule has 0 fully saturated rings. The number of halogens is 3. The summed E-state index contributed by atoms with van der Waals surface area (Å²) >= 11 is 0. The molecule has 0 spiro atoms. The van der Waals surface area contributed by atoms with Crippen LogP contribution in [0.25, 0.3) is 0 Å². The quantitative estimate of drug-likeness (QED) is 0.860. The summed E-state index contributed by atoms with van der Waals surface area (Å²) in [7, 11) is 0. The van der Waals surface area contributed by atoms with Crippen LogP contribution in [0.2, 0.25) is 0 Å². The summed E-state index contributed by atoms with van der Waals surface area (Å²) in [4.78, 5) is 0. The minimum absolute atomic E-state index is 0.124. The first kappa shape index (κ1) is 12.8. The van der Waals surface area contributed by atoms with Gasteiger partial charge in [-0.25, -0.2) is 13.2 Å². The van der Waals surface area contributed by atoms with Crippen LogP contribution in [-0.4, -0.2) is 5.11 Å². The Bertz CT molecular complexity index is 692. The number of nitrogens with zero attached hydrogens (tertiary/aromatic N) is 2. The van der Waals surface area contributed by atoms with Crippen LogP contribution in [0, 0.1) is 17.5 Å². The monoisotopic (exact) mass is 278 g/mol. The van der Waals surface area contributed by atoms with E-state index >= 15 is 0 Å². The van der Waals surface area contributed by atoms with Gasteiger partial charge in [-0.1, -0.05) is 24.3 Å². The van der Waals surface area contributed by atoms with E-state index in [2.05, 4.69) is 10.2 Å². The van der Waals surface area contributed by atoms with Crippen molar-refractivity contribution >= 4 is 0 Å². The highest BCUT2D eigenvalue weighted by Gasteiger charge is 2.47. The first-order chi connectivity index (χ1) is 9.58. The van der Waals surface area contributed by atoms with Crippen LogP contribution in [-0.2, 0) is 12.3 Å². The van der Waals surface area contributed by atoms with Gasteiger partial charge in [0.25, 0.3) is 0 Å². The van der Waals surface area contributed by atoms with E-state index < -0.39 is 23.1 Å². The number of benzene rings is 2. The van der Waals surface area contributed by atoms with E-state index in [9.17, 15) is 13.2 Å². The van der Waals surface area contributed by atoms with Crippen molar-refractivity contribution in [3.05, 3.63) is 70.5 Å². The molecule has 3 nitrogen and oxygen atoms in total. The molecule has 0 atom stereocenters. The van der Waals surface area contributed by atoms with Gasteiger partial charge in [0.15, 0.2) is 17.5 Å². The van der Waals surface area contributed by atoms with Crippen LogP contribution in [0.4, 0.5) is 13.2 Å². The highest BCUT2D eigenvalue weighted by Crippen LogP contribution is 2.47. The average molecular weight is 278 g/mol. The van der Waals surface area contributed by atoms with Crippen LogP contribution in [0.15, 0.2) is 46.6 Å². The molecule has 0 saturated carbocycles. The van der Waals surface area contributed by atoms with Crippen molar-refractivity contribution in [3.63, 3.8) is 0 Å². The zero-order valence-corrected chi connectivity index (χ0v) is 10.1. The molecular formula is C14H9F3N2O. The van der Waals surface area contributed by atoms with E-state index in [1.807, 2.05) is 0 Å². The Morgan fingerprint density at radius 2 is 1.55 bits per heavy atom. The molecule has 1 aliphatic heterocycles. The highest BCUT2D eigenvalue weighted by atomic mass is 19.2. The summed E-state index contributed by atoms with van der Waals surface area (Å²) in [5.74, 6) is -4.08. The van der Waals surface area contributed by atoms with Crippen molar-refractivity contribution in [2.45, 2.75) is 12.3 Å². The van der Waals surface area contributed by atoms with Gasteiger partial charge in [0.05, 0.1) is 6.61 Å². The Kier molecular flexibility index (Phi) is 2.83. The van der Waals surface area contributed by atoms with Gasteiger partial charge in [0.2, 0.25) is 5.66 Å². The fourth-order valence-corrected chi connectivity index (χ4v) is 2.07. The number of rotatable bonds is 3. The summed E-state index contributed by atoms with van der Waals surface area (Å²) in [6.07, 6.45) is 0.